The van der Waals surface area contributed by atoms with E-state index in [1.165, 1.54) is 11.9 Å². The quantitative estimate of drug-likeness (QED) is 0.836. The number of nitrogens with zero attached hydrogens (tertiary/aromatic N) is 2. The molecule has 0 fully saturated rings. The van der Waals surface area contributed by atoms with Gasteiger partial charge in [-0.1, -0.05) is 12.1 Å². The van der Waals surface area contributed by atoms with Crippen LogP contribution in [0, 0.1) is 0 Å². The second-order valence-corrected chi connectivity index (χ2v) is 4.39. The van der Waals surface area contributed by atoms with Gasteiger partial charge in [0.1, 0.15) is 0 Å². The lowest BCUT2D eigenvalue weighted by Crippen LogP contribution is -2.40. The van der Waals surface area contributed by atoms with Crippen LogP contribution in [0.25, 0.3) is 10.9 Å². The lowest BCUT2D eigenvalue weighted by molar-refractivity contribution is 0.0674. The van der Waals surface area contributed by atoms with Crippen LogP contribution in [-0.4, -0.2) is 45.8 Å². The number of likely N-dealkylation sites (N-methyl/N-ethyl adjacent to an activating group) is 1. The maximum absolute atomic E-state index is 12.2. The molecule has 1 amide bonds. The van der Waals surface area contributed by atoms with E-state index in [2.05, 4.69) is 10.2 Å². The molecule has 0 saturated heterocycles. The van der Waals surface area contributed by atoms with Crippen LogP contribution >= 0.6 is 0 Å². The average molecular weight is 261 g/mol. The number of aliphatic hydroxyl groups excluding tert-OH is 1. The summed E-state index contributed by atoms with van der Waals surface area (Å²) in [7, 11) is 1.53. The first-order valence-corrected chi connectivity index (χ1v) is 5.91. The summed E-state index contributed by atoms with van der Waals surface area (Å²) >= 11 is 0. The minimum atomic E-state index is -0.506. The van der Waals surface area contributed by atoms with Crippen molar-refractivity contribution in [3.63, 3.8) is 0 Å². The SMILES string of the molecule is CC(CO)N(C)C(=O)c1n[nH]c2ccccc2c1=O. The molecular weight excluding hydrogens is 246 g/mol. The standard InChI is InChI=1S/C13H15N3O3/c1-8(7-17)16(2)13(19)11-12(18)9-5-3-4-6-10(9)14-15-11/h3-6,8,17H,7H2,1-2H3,(H,14,18). The molecule has 0 saturated carbocycles. The van der Waals surface area contributed by atoms with Crippen LogP contribution < -0.4 is 5.43 Å². The highest BCUT2D eigenvalue weighted by atomic mass is 16.3. The van der Waals surface area contributed by atoms with Crippen molar-refractivity contribution in [2.45, 2.75) is 13.0 Å². The van der Waals surface area contributed by atoms with Crippen LogP contribution in [0.1, 0.15) is 17.4 Å². The zero-order valence-electron chi connectivity index (χ0n) is 10.8. The monoisotopic (exact) mass is 261 g/mol. The van der Waals surface area contributed by atoms with Gasteiger partial charge < -0.3 is 10.0 Å². The number of carbonyl (C=O) groups excluding carboxylic acids is 1. The molecule has 0 spiro atoms. The molecule has 1 atom stereocenters. The van der Waals surface area contributed by atoms with Crippen molar-refractivity contribution >= 4 is 16.8 Å². The number of rotatable bonds is 3. The number of nitrogens with one attached hydrogen (secondary N) is 1. The number of para-hydroxylation sites is 1. The number of aromatic nitrogens is 2. The number of benzene rings is 1. The third kappa shape index (κ3) is 2.34. The Bertz CT molecular complexity index is 665. The number of hydrogen-bond donors (Lipinski definition) is 2. The Labute approximate surface area is 109 Å². The number of aromatic amines is 1. The number of fused-ring (bicyclic) bond motifs is 1. The van der Waals surface area contributed by atoms with Crippen molar-refractivity contribution in [3.8, 4) is 0 Å². The fourth-order valence-corrected chi connectivity index (χ4v) is 1.71. The van der Waals surface area contributed by atoms with Gasteiger partial charge in [0.15, 0.2) is 5.69 Å². The van der Waals surface area contributed by atoms with Crippen LogP contribution in [-0.2, 0) is 0 Å². The maximum Gasteiger partial charge on any atom is 0.278 e. The molecule has 6 heteroatoms. The highest BCUT2D eigenvalue weighted by Gasteiger charge is 2.21. The van der Waals surface area contributed by atoms with Gasteiger partial charge in [0.05, 0.1) is 18.2 Å². The van der Waals surface area contributed by atoms with Gasteiger partial charge in [-0.05, 0) is 19.1 Å². The number of carbonyl (C=O) groups is 1. The molecule has 1 aromatic heterocycles. The Kier molecular flexibility index (Phi) is 3.62. The molecule has 0 aliphatic carbocycles. The van der Waals surface area contributed by atoms with E-state index in [0.717, 1.165) is 0 Å². The molecule has 100 valence electrons. The van der Waals surface area contributed by atoms with Gasteiger partial charge in [-0.3, -0.25) is 14.7 Å². The predicted octanol–water partition coefficient (Wildman–Crippen LogP) is 0.376. The zero-order chi connectivity index (χ0) is 14.0. The van der Waals surface area contributed by atoms with Crippen LogP contribution in [0.5, 0.6) is 0 Å². The number of H-pyrrole nitrogens is 1. The van der Waals surface area contributed by atoms with Gasteiger partial charge in [-0.15, -0.1) is 0 Å². The van der Waals surface area contributed by atoms with Crippen molar-refractivity contribution in [3.05, 3.63) is 40.2 Å². The Morgan fingerprint density at radius 3 is 2.84 bits per heavy atom. The third-order valence-electron chi connectivity index (χ3n) is 3.12. The highest BCUT2D eigenvalue weighted by Crippen LogP contribution is 2.07. The zero-order valence-corrected chi connectivity index (χ0v) is 10.8. The van der Waals surface area contributed by atoms with Gasteiger partial charge in [-0.25, -0.2) is 0 Å². The van der Waals surface area contributed by atoms with Crippen LogP contribution in [0.15, 0.2) is 29.1 Å². The van der Waals surface area contributed by atoms with E-state index in [1.807, 2.05) is 0 Å². The smallest absolute Gasteiger partial charge is 0.278 e. The second kappa shape index (κ2) is 5.19. The Morgan fingerprint density at radius 1 is 1.47 bits per heavy atom. The van der Waals surface area contributed by atoms with E-state index in [0.29, 0.717) is 10.9 Å². The first-order chi connectivity index (χ1) is 9.06. The molecule has 2 aromatic rings. The number of aliphatic hydroxyl groups is 1. The lowest BCUT2D eigenvalue weighted by Gasteiger charge is -2.22. The van der Waals surface area contributed by atoms with E-state index in [1.54, 1.807) is 31.2 Å². The van der Waals surface area contributed by atoms with Crippen molar-refractivity contribution < 1.29 is 9.90 Å². The van der Waals surface area contributed by atoms with E-state index in [9.17, 15) is 9.59 Å². The normalized spacial score (nSPS) is 12.4. The summed E-state index contributed by atoms with van der Waals surface area (Å²) in [5.41, 5.74) is 0.0137. The fraction of sp³-hybridized carbons (Fsp3) is 0.308. The summed E-state index contributed by atoms with van der Waals surface area (Å²) in [6.07, 6.45) is 0. The van der Waals surface area contributed by atoms with E-state index < -0.39 is 11.3 Å². The van der Waals surface area contributed by atoms with Crippen molar-refractivity contribution in [2.75, 3.05) is 13.7 Å². The van der Waals surface area contributed by atoms with Gasteiger partial charge >= 0.3 is 0 Å². The summed E-state index contributed by atoms with van der Waals surface area (Å²) in [6.45, 7) is 1.51. The third-order valence-corrected chi connectivity index (χ3v) is 3.12. The summed E-state index contributed by atoms with van der Waals surface area (Å²) in [4.78, 5) is 25.6. The minimum Gasteiger partial charge on any atom is -0.394 e. The predicted molar refractivity (Wildman–Crippen MR) is 71.0 cm³/mol. The molecule has 6 nitrogen and oxygen atoms in total. The van der Waals surface area contributed by atoms with Gasteiger partial charge in [-0.2, -0.15) is 5.10 Å². The van der Waals surface area contributed by atoms with Crippen LogP contribution in [0.2, 0.25) is 0 Å². The maximum atomic E-state index is 12.2. The van der Waals surface area contributed by atoms with Crippen LogP contribution in [0.3, 0.4) is 0 Å². The molecule has 0 bridgehead atoms. The van der Waals surface area contributed by atoms with Crippen molar-refractivity contribution in [1.29, 1.82) is 0 Å². The van der Waals surface area contributed by atoms with E-state index >= 15 is 0 Å². The molecule has 0 aliphatic rings. The molecule has 1 unspecified atom stereocenters. The average Bonchev–Trinajstić information content (AvgIpc) is 2.45. The van der Waals surface area contributed by atoms with E-state index in [-0.39, 0.29) is 18.3 Å². The molecule has 1 aromatic carbocycles. The first-order valence-electron chi connectivity index (χ1n) is 5.91. The van der Waals surface area contributed by atoms with Crippen LogP contribution in [0.4, 0.5) is 0 Å². The summed E-state index contributed by atoms with van der Waals surface area (Å²) in [5.74, 6) is -0.506. The van der Waals surface area contributed by atoms with Gasteiger partial charge in [0.2, 0.25) is 5.43 Å². The van der Waals surface area contributed by atoms with Gasteiger partial charge in [0, 0.05) is 12.4 Å². The van der Waals surface area contributed by atoms with Crippen molar-refractivity contribution in [2.24, 2.45) is 0 Å². The van der Waals surface area contributed by atoms with Crippen molar-refractivity contribution in [1.82, 2.24) is 15.1 Å². The fourth-order valence-electron chi connectivity index (χ4n) is 1.71. The Morgan fingerprint density at radius 2 is 2.16 bits per heavy atom. The Balaban J connectivity index is 2.49. The number of amides is 1. The largest absolute Gasteiger partial charge is 0.394 e. The van der Waals surface area contributed by atoms with E-state index in [4.69, 9.17) is 5.11 Å². The first kappa shape index (κ1) is 13.2. The summed E-state index contributed by atoms with van der Waals surface area (Å²) < 4.78 is 0. The molecule has 0 radical (unpaired) electrons. The molecule has 2 N–H and O–H groups in total. The highest BCUT2D eigenvalue weighted by molar-refractivity contribution is 5.95. The molecule has 2 rings (SSSR count). The minimum absolute atomic E-state index is 0.165. The molecular formula is C13H15N3O3. The second-order valence-electron chi connectivity index (χ2n) is 4.39. The number of hydrogen-bond acceptors (Lipinski definition) is 4. The Hall–Kier alpha value is -2.21. The molecule has 19 heavy (non-hydrogen) atoms. The van der Waals surface area contributed by atoms with Gasteiger partial charge in [0.25, 0.3) is 5.91 Å². The molecule has 0 aliphatic heterocycles. The summed E-state index contributed by atoms with van der Waals surface area (Å²) in [6, 6.07) is 6.49. The summed E-state index contributed by atoms with van der Waals surface area (Å²) in [5, 5.41) is 16.0. The lowest BCUT2D eigenvalue weighted by atomic mass is 10.2. The molecule has 1 heterocycles. The topological polar surface area (TPSA) is 86.3 Å².